The SMILES string of the molecule is CSc1ccc(NC2CC2)cc1. The second-order valence-corrected chi connectivity index (χ2v) is 4.03. The molecule has 0 aromatic heterocycles. The first-order valence-electron chi connectivity index (χ1n) is 4.29. The summed E-state index contributed by atoms with van der Waals surface area (Å²) in [5.41, 5.74) is 1.26. The Hall–Kier alpha value is -0.630. The van der Waals surface area contributed by atoms with Gasteiger partial charge in [0.2, 0.25) is 0 Å². The van der Waals surface area contributed by atoms with E-state index < -0.39 is 0 Å². The van der Waals surface area contributed by atoms with Crippen LogP contribution in [0.3, 0.4) is 0 Å². The molecule has 64 valence electrons. The van der Waals surface area contributed by atoms with E-state index in [0.717, 1.165) is 6.04 Å². The number of rotatable bonds is 3. The fraction of sp³-hybridized carbons (Fsp3) is 0.400. The highest BCUT2D eigenvalue weighted by Crippen LogP contribution is 2.25. The van der Waals surface area contributed by atoms with Crippen molar-refractivity contribution in [3.63, 3.8) is 0 Å². The van der Waals surface area contributed by atoms with E-state index in [-0.39, 0.29) is 0 Å². The molecule has 1 fully saturated rings. The zero-order valence-electron chi connectivity index (χ0n) is 7.21. The Labute approximate surface area is 77.6 Å². The second kappa shape index (κ2) is 3.40. The van der Waals surface area contributed by atoms with Gasteiger partial charge in [-0.05, 0) is 43.4 Å². The lowest BCUT2D eigenvalue weighted by atomic mass is 10.3. The highest BCUT2D eigenvalue weighted by Gasteiger charge is 2.20. The minimum atomic E-state index is 0.755. The number of benzene rings is 1. The molecule has 0 heterocycles. The first-order chi connectivity index (χ1) is 5.88. The normalized spacial score (nSPS) is 16.1. The Kier molecular flexibility index (Phi) is 2.26. The number of hydrogen-bond acceptors (Lipinski definition) is 2. The van der Waals surface area contributed by atoms with Crippen LogP contribution in [-0.2, 0) is 0 Å². The van der Waals surface area contributed by atoms with Crippen molar-refractivity contribution in [3.8, 4) is 0 Å². The van der Waals surface area contributed by atoms with Crippen LogP contribution in [0.4, 0.5) is 5.69 Å². The second-order valence-electron chi connectivity index (χ2n) is 3.15. The molecule has 1 saturated carbocycles. The maximum Gasteiger partial charge on any atom is 0.0343 e. The minimum absolute atomic E-state index is 0.755. The Balaban J connectivity index is 2.02. The standard InChI is InChI=1S/C10H13NS/c1-12-10-6-4-9(5-7-10)11-8-2-3-8/h4-8,11H,2-3H2,1H3. The van der Waals surface area contributed by atoms with Gasteiger partial charge in [-0.15, -0.1) is 11.8 Å². The summed E-state index contributed by atoms with van der Waals surface area (Å²) in [6.45, 7) is 0. The summed E-state index contributed by atoms with van der Waals surface area (Å²) in [5.74, 6) is 0. The first kappa shape index (κ1) is 7.99. The van der Waals surface area contributed by atoms with Crippen LogP contribution >= 0.6 is 11.8 Å². The predicted octanol–water partition coefficient (Wildman–Crippen LogP) is 2.98. The molecule has 2 rings (SSSR count). The molecule has 0 saturated heterocycles. The topological polar surface area (TPSA) is 12.0 Å². The quantitative estimate of drug-likeness (QED) is 0.716. The molecule has 1 nitrogen and oxygen atoms in total. The van der Waals surface area contributed by atoms with Gasteiger partial charge in [0.15, 0.2) is 0 Å². The largest absolute Gasteiger partial charge is 0.382 e. The summed E-state index contributed by atoms with van der Waals surface area (Å²) in [6.07, 6.45) is 4.78. The summed E-state index contributed by atoms with van der Waals surface area (Å²) in [7, 11) is 0. The van der Waals surface area contributed by atoms with Crippen molar-refractivity contribution in [3.05, 3.63) is 24.3 Å². The van der Waals surface area contributed by atoms with Crippen LogP contribution in [0.15, 0.2) is 29.2 Å². The van der Waals surface area contributed by atoms with Gasteiger partial charge in [-0.2, -0.15) is 0 Å². The molecular weight excluding hydrogens is 166 g/mol. The van der Waals surface area contributed by atoms with Crippen LogP contribution < -0.4 is 5.32 Å². The molecule has 0 atom stereocenters. The monoisotopic (exact) mass is 179 g/mol. The van der Waals surface area contributed by atoms with Crippen molar-refractivity contribution in [2.45, 2.75) is 23.8 Å². The van der Waals surface area contributed by atoms with Gasteiger partial charge in [-0.25, -0.2) is 0 Å². The lowest BCUT2D eigenvalue weighted by Gasteiger charge is -2.04. The fourth-order valence-electron chi connectivity index (χ4n) is 1.15. The fourth-order valence-corrected chi connectivity index (χ4v) is 1.56. The van der Waals surface area contributed by atoms with Gasteiger partial charge in [0.05, 0.1) is 0 Å². The molecule has 12 heavy (non-hydrogen) atoms. The zero-order chi connectivity index (χ0) is 8.39. The average Bonchev–Trinajstić information content (AvgIpc) is 2.90. The maximum absolute atomic E-state index is 3.46. The lowest BCUT2D eigenvalue weighted by molar-refractivity contribution is 1.15. The summed E-state index contributed by atoms with van der Waals surface area (Å²) in [4.78, 5) is 1.33. The molecular formula is C10H13NS. The third-order valence-electron chi connectivity index (χ3n) is 2.04. The van der Waals surface area contributed by atoms with Gasteiger partial charge in [-0.1, -0.05) is 0 Å². The Bertz CT molecular complexity index is 251. The predicted molar refractivity (Wildman–Crippen MR) is 54.9 cm³/mol. The van der Waals surface area contributed by atoms with E-state index in [9.17, 15) is 0 Å². The van der Waals surface area contributed by atoms with Crippen LogP contribution in [0.2, 0.25) is 0 Å². The summed E-state index contributed by atoms with van der Waals surface area (Å²) >= 11 is 1.78. The number of nitrogens with one attached hydrogen (secondary N) is 1. The Morgan fingerprint density at radius 1 is 1.25 bits per heavy atom. The molecule has 0 aliphatic heterocycles. The van der Waals surface area contributed by atoms with Crippen molar-refractivity contribution in [2.75, 3.05) is 11.6 Å². The Morgan fingerprint density at radius 2 is 1.92 bits per heavy atom. The molecule has 0 bridgehead atoms. The molecule has 1 aromatic carbocycles. The summed E-state index contributed by atoms with van der Waals surface area (Å²) in [5, 5.41) is 3.46. The van der Waals surface area contributed by atoms with E-state index in [4.69, 9.17) is 0 Å². The van der Waals surface area contributed by atoms with E-state index in [2.05, 4.69) is 35.8 Å². The van der Waals surface area contributed by atoms with E-state index >= 15 is 0 Å². The molecule has 0 unspecified atom stereocenters. The smallest absolute Gasteiger partial charge is 0.0343 e. The van der Waals surface area contributed by atoms with E-state index in [0.29, 0.717) is 0 Å². The molecule has 0 radical (unpaired) electrons. The number of hydrogen-bond donors (Lipinski definition) is 1. The van der Waals surface area contributed by atoms with Gasteiger partial charge in [0.1, 0.15) is 0 Å². The number of anilines is 1. The van der Waals surface area contributed by atoms with Gasteiger partial charge >= 0.3 is 0 Å². The van der Waals surface area contributed by atoms with Crippen LogP contribution in [0.1, 0.15) is 12.8 Å². The van der Waals surface area contributed by atoms with Crippen LogP contribution in [0.25, 0.3) is 0 Å². The highest BCUT2D eigenvalue weighted by molar-refractivity contribution is 7.98. The Morgan fingerprint density at radius 3 is 2.42 bits per heavy atom. The van der Waals surface area contributed by atoms with Crippen molar-refractivity contribution in [2.24, 2.45) is 0 Å². The minimum Gasteiger partial charge on any atom is -0.382 e. The molecule has 1 aliphatic carbocycles. The van der Waals surface area contributed by atoms with Crippen molar-refractivity contribution in [1.29, 1.82) is 0 Å². The van der Waals surface area contributed by atoms with Crippen LogP contribution in [0.5, 0.6) is 0 Å². The van der Waals surface area contributed by atoms with E-state index in [1.165, 1.54) is 23.4 Å². The van der Waals surface area contributed by atoms with Crippen molar-refractivity contribution >= 4 is 17.4 Å². The molecule has 1 aromatic rings. The molecule has 2 heteroatoms. The van der Waals surface area contributed by atoms with Gasteiger partial charge in [-0.3, -0.25) is 0 Å². The van der Waals surface area contributed by atoms with Crippen molar-refractivity contribution < 1.29 is 0 Å². The van der Waals surface area contributed by atoms with Gasteiger partial charge < -0.3 is 5.32 Å². The number of thioether (sulfide) groups is 1. The van der Waals surface area contributed by atoms with Gasteiger partial charge in [0, 0.05) is 16.6 Å². The van der Waals surface area contributed by atoms with Crippen molar-refractivity contribution in [1.82, 2.24) is 0 Å². The molecule has 0 spiro atoms. The van der Waals surface area contributed by atoms with Gasteiger partial charge in [0.25, 0.3) is 0 Å². The van der Waals surface area contributed by atoms with Crippen LogP contribution in [-0.4, -0.2) is 12.3 Å². The maximum atomic E-state index is 3.46. The van der Waals surface area contributed by atoms with E-state index in [1.54, 1.807) is 11.8 Å². The molecule has 1 N–H and O–H groups in total. The lowest BCUT2D eigenvalue weighted by Crippen LogP contribution is -1.99. The summed E-state index contributed by atoms with van der Waals surface area (Å²) < 4.78 is 0. The van der Waals surface area contributed by atoms with Crippen LogP contribution in [0, 0.1) is 0 Å². The highest BCUT2D eigenvalue weighted by atomic mass is 32.2. The third-order valence-corrected chi connectivity index (χ3v) is 2.78. The first-order valence-corrected chi connectivity index (χ1v) is 5.51. The zero-order valence-corrected chi connectivity index (χ0v) is 8.03. The third kappa shape index (κ3) is 1.95. The van der Waals surface area contributed by atoms with E-state index in [1.807, 2.05) is 0 Å². The summed E-state index contributed by atoms with van der Waals surface area (Å²) in [6, 6.07) is 9.39. The average molecular weight is 179 g/mol. The molecule has 1 aliphatic rings. The molecule has 0 amide bonds.